The summed E-state index contributed by atoms with van der Waals surface area (Å²) < 4.78 is 1.72. The summed E-state index contributed by atoms with van der Waals surface area (Å²) >= 11 is 0. The van der Waals surface area contributed by atoms with Gasteiger partial charge >= 0.3 is 0 Å². The number of para-hydroxylation sites is 1. The molecule has 21 heavy (non-hydrogen) atoms. The van der Waals surface area contributed by atoms with Crippen LogP contribution in [0.5, 0.6) is 0 Å². The third kappa shape index (κ3) is 2.50. The van der Waals surface area contributed by atoms with Crippen LogP contribution < -0.4 is 0 Å². The van der Waals surface area contributed by atoms with Crippen molar-refractivity contribution >= 4 is 5.78 Å². The van der Waals surface area contributed by atoms with Gasteiger partial charge in [0, 0.05) is 11.8 Å². The monoisotopic (exact) mass is 276 g/mol. The van der Waals surface area contributed by atoms with Crippen molar-refractivity contribution in [3.05, 3.63) is 83.2 Å². The third-order valence-electron chi connectivity index (χ3n) is 3.57. The minimum Gasteiger partial charge on any atom is -0.288 e. The van der Waals surface area contributed by atoms with Crippen LogP contribution in [-0.4, -0.2) is 15.6 Å². The van der Waals surface area contributed by atoms with Crippen LogP contribution in [0.25, 0.3) is 5.69 Å². The molecule has 104 valence electrons. The van der Waals surface area contributed by atoms with Gasteiger partial charge in [-0.05, 0) is 37.1 Å². The van der Waals surface area contributed by atoms with Gasteiger partial charge in [-0.3, -0.25) is 4.79 Å². The molecular formula is C18H16N2O. The fraction of sp³-hybridized carbons (Fsp3) is 0.111. The highest BCUT2D eigenvalue weighted by Gasteiger charge is 2.16. The molecule has 0 N–H and O–H groups in total. The first-order valence-electron chi connectivity index (χ1n) is 6.88. The highest BCUT2D eigenvalue weighted by Crippen LogP contribution is 2.18. The number of rotatable bonds is 3. The van der Waals surface area contributed by atoms with E-state index in [4.69, 9.17) is 0 Å². The van der Waals surface area contributed by atoms with Crippen molar-refractivity contribution in [3.63, 3.8) is 0 Å². The second-order valence-corrected chi connectivity index (χ2v) is 5.11. The minimum absolute atomic E-state index is 0.0211. The molecule has 0 saturated heterocycles. The first kappa shape index (κ1) is 13.3. The normalized spacial score (nSPS) is 10.6. The Morgan fingerprint density at radius 3 is 2.29 bits per heavy atom. The molecule has 0 amide bonds. The summed E-state index contributed by atoms with van der Waals surface area (Å²) in [5, 5.41) is 4.29. The molecule has 0 aliphatic carbocycles. The molecule has 0 saturated carbocycles. The molecule has 2 aromatic carbocycles. The summed E-state index contributed by atoms with van der Waals surface area (Å²) in [6.07, 6.45) is 3.41. The Balaban J connectivity index is 1.99. The molecule has 3 aromatic rings. The molecule has 0 aliphatic heterocycles. The summed E-state index contributed by atoms with van der Waals surface area (Å²) in [7, 11) is 0. The number of ketones is 1. The lowest BCUT2D eigenvalue weighted by Crippen LogP contribution is -2.05. The predicted molar refractivity (Wildman–Crippen MR) is 82.9 cm³/mol. The minimum atomic E-state index is 0.0211. The van der Waals surface area contributed by atoms with Gasteiger partial charge in [0.05, 0.1) is 17.4 Å². The van der Waals surface area contributed by atoms with Crippen molar-refractivity contribution in [2.75, 3.05) is 0 Å². The molecule has 0 fully saturated rings. The lowest BCUT2D eigenvalue weighted by Gasteiger charge is -2.06. The summed E-state index contributed by atoms with van der Waals surface area (Å²) in [5.74, 6) is 0.0211. The van der Waals surface area contributed by atoms with Gasteiger partial charge < -0.3 is 0 Å². The summed E-state index contributed by atoms with van der Waals surface area (Å²) in [6.45, 7) is 3.92. The zero-order valence-electron chi connectivity index (χ0n) is 12.1. The molecule has 0 aliphatic rings. The standard InChI is InChI=1S/C18H16N2O/c1-13-7-6-8-14(2)17(13)18(21)15-11-19-20(12-15)16-9-4-3-5-10-16/h3-12H,1-2H3. The first-order valence-corrected chi connectivity index (χ1v) is 6.88. The summed E-state index contributed by atoms with van der Waals surface area (Å²) in [4.78, 5) is 12.7. The lowest BCUT2D eigenvalue weighted by atomic mass is 9.96. The summed E-state index contributed by atoms with van der Waals surface area (Å²) in [6, 6.07) is 15.7. The van der Waals surface area contributed by atoms with Crippen LogP contribution >= 0.6 is 0 Å². The van der Waals surface area contributed by atoms with E-state index in [1.807, 2.05) is 62.4 Å². The zero-order chi connectivity index (χ0) is 14.8. The number of nitrogens with zero attached hydrogens (tertiary/aromatic N) is 2. The van der Waals surface area contributed by atoms with Crippen molar-refractivity contribution in [1.29, 1.82) is 0 Å². The Morgan fingerprint density at radius 1 is 0.952 bits per heavy atom. The highest BCUT2D eigenvalue weighted by molar-refractivity contribution is 6.10. The fourth-order valence-corrected chi connectivity index (χ4v) is 2.48. The van der Waals surface area contributed by atoms with Crippen LogP contribution in [0.4, 0.5) is 0 Å². The first-order chi connectivity index (χ1) is 10.2. The van der Waals surface area contributed by atoms with E-state index in [-0.39, 0.29) is 5.78 Å². The molecule has 0 unspecified atom stereocenters. The molecule has 0 atom stereocenters. The van der Waals surface area contributed by atoms with Gasteiger partial charge in [0.2, 0.25) is 0 Å². The number of aromatic nitrogens is 2. The molecule has 3 rings (SSSR count). The van der Waals surface area contributed by atoms with E-state index in [0.717, 1.165) is 22.4 Å². The lowest BCUT2D eigenvalue weighted by molar-refractivity contribution is 0.103. The maximum atomic E-state index is 12.7. The van der Waals surface area contributed by atoms with Gasteiger partial charge in [-0.15, -0.1) is 0 Å². The van der Waals surface area contributed by atoms with Crippen LogP contribution in [-0.2, 0) is 0 Å². The Hall–Kier alpha value is -2.68. The van der Waals surface area contributed by atoms with Crippen molar-refractivity contribution in [2.24, 2.45) is 0 Å². The van der Waals surface area contributed by atoms with Crippen LogP contribution in [0.2, 0.25) is 0 Å². The number of benzene rings is 2. The van der Waals surface area contributed by atoms with Crippen LogP contribution in [0.3, 0.4) is 0 Å². The number of carbonyl (C=O) groups is 1. The third-order valence-corrected chi connectivity index (χ3v) is 3.57. The largest absolute Gasteiger partial charge is 0.288 e. The second-order valence-electron chi connectivity index (χ2n) is 5.11. The molecule has 0 radical (unpaired) electrons. The number of aryl methyl sites for hydroxylation is 2. The van der Waals surface area contributed by atoms with Crippen molar-refractivity contribution < 1.29 is 4.79 Å². The highest BCUT2D eigenvalue weighted by atomic mass is 16.1. The van der Waals surface area contributed by atoms with Gasteiger partial charge in [0.1, 0.15) is 0 Å². The fourth-order valence-electron chi connectivity index (χ4n) is 2.48. The Morgan fingerprint density at radius 2 is 1.62 bits per heavy atom. The molecule has 1 aromatic heterocycles. The Labute approximate surface area is 123 Å². The van der Waals surface area contributed by atoms with Gasteiger partial charge in [-0.25, -0.2) is 4.68 Å². The van der Waals surface area contributed by atoms with Gasteiger partial charge in [0.25, 0.3) is 0 Å². The van der Waals surface area contributed by atoms with Crippen LogP contribution in [0.15, 0.2) is 60.9 Å². The summed E-state index contributed by atoms with van der Waals surface area (Å²) in [5.41, 5.74) is 4.30. The van der Waals surface area contributed by atoms with E-state index in [0.29, 0.717) is 5.56 Å². The van der Waals surface area contributed by atoms with Crippen molar-refractivity contribution in [3.8, 4) is 5.69 Å². The van der Waals surface area contributed by atoms with E-state index in [2.05, 4.69) is 5.10 Å². The van der Waals surface area contributed by atoms with Gasteiger partial charge in [-0.1, -0.05) is 36.4 Å². The van der Waals surface area contributed by atoms with E-state index < -0.39 is 0 Å². The molecular weight excluding hydrogens is 260 g/mol. The van der Waals surface area contributed by atoms with Crippen molar-refractivity contribution in [1.82, 2.24) is 9.78 Å². The zero-order valence-corrected chi connectivity index (χ0v) is 12.1. The maximum absolute atomic E-state index is 12.7. The smallest absolute Gasteiger partial charge is 0.196 e. The van der Waals surface area contributed by atoms with E-state index in [1.54, 1.807) is 17.1 Å². The predicted octanol–water partition coefficient (Wildman–Crippen LogP) is 3.72. The average Bonchev–Trinajstić information content (AvgIpc) is 2.97. The maximum Gasteiger partial charge on any atom is 0.196 e. The molecule has 0 bridgehead atoms. The number of hydrogen-bond acceptors (Lipinski definition) is 2. The SMILES string of the molecule is Cc1cccc(C)c1C(=O)c1cnn(-c2ccccc2)c1. The Bertz CT molecular complexity index is 768. The topological polar surface area (TPSA) is 34.9 Å². The average molecular weight is 276 g/mol. The van der Waals surface area contributed by atoms with E-state index in [1.165, 1.54) is 0 Å². The Kier molecular flexibility index (Phi) is 3.40. The second kappa shape index (κ2) is 5.37. The molecule has 3 heteroatoms. The van der Waals surface area contributed by atoms with E-state index >= 15 is 0 Å². The quantitative estimate of drug-likeness (QED) is 0.683. The van der Waals surface area contributed by atoms with Gasteiger partial charge in [0.15, 0.2) is 5.78 Å². The van der Waals surface area contributed by atoms with Crippen LogP contribution in [0, 0.1) is 13.8 Å². The van der Waals surface area contributed by atoms with Crippen molar-refractivity contribution in [2.45, 2.75) is 13.8 Å². The molecule has 0 spiro atoms. The molecule has 3 nitrogen and oxygen atoms in total. The van der Waals surface area contributed by atoms with Crippen LogP contribution in [0.1, 0.15) is 27.0 Å². The molecule has 1 heterocycles. The van der Waals surface area contributed by atoms with E-state index in [9.17, 15) is 4.79 Å². The van der Waals surface area contributed by atoms with Gasteiger partial charge in [-0.2, -0.15) is 5.10 Å². The number of carbonyl (C=O) groups excluding carboxylic acids is 1. The number of hydrogen-bond donors (Lipinski definition) is 0.